The van der Waals surface area contributed by atoms with Crippen LogP contribution < -0.4 is 0 Å². The summed E-state index contributed by atoms with van der Waals surface area (Å²) in [4.78, 5) is 12.0. The summed E-state index contributed by atoms with van der Waals surface area (Å²) in [7, 11) is 0. The quantitative estimate of drug-likeness (QED) is 0.740. The predicted molar refractivity (Wildman–Crippen MR) is 92.8 cm³/mol. The molecule has 1 atom stereocenters. The van der Waals surface area contributed by atoms with Gasteiger partial charge >= 0.3 is 0 Å². The largest absolute Gasteiger partial charge is 0.300 e. The first-order chi connectivity index (χ1) is 11.4. The van der Waals surface area contributed by atoms with Crippen LogP contribution in [0.5, 0.6) is 0 Å². The van der Waals surface area contributed by atoms with Gasteiger partial charge in [-0.15, -0.1) is 0 Å². The predicted octanol–water partition coefficient (Wildman–Crippen LogP) is 3.45. The van der Waals surface area contributed by atoms with Gasteiger partial charge in [-0.25, -0.2) is 9.97 Å². The number of hydrogen-bond donors (Lipinski definition) is 0. The van der Waals surface area contributed by atoms with Crippen molar-refractivity contribution in [2.75, 3.05) is 13.1 Å². The van der Waals surface area contributed by atoms with Crippen LogP contribution in [0.3, 0.4) is 0 Å². The summed E-state index contributed by atoms with van der Waals surface area (Å²) in [6.45, 7) is 4.58. The summed E-state index contributed by atoms with van der Waals surface area (Å²) in [5.74, 6) is 1.12. The number of aromatic nitrogens is 3. The lowest BCUT2D eigenvalue weighted by Crippen LogP contribution is -2.31. The van der Waals surface area contributed by atoms with Crippen molar-refractivity contribution in [3.63, 3.8) is 0 Å². The second kappa shape index (κ2) is 6.13. The van der Waals surface area contributed by atoms with Gasteiger partial charge in [-0.1, -0.05) is 25.1 Å². The zero-order valence-corrected chi connectivity index (χ0v) is 13.5. The van der Waals surface area contributed by atoms with E-state index in [-0.39, 0.29) is 0 Å². The van der Waals surface area contributed by atoms with Crippen molar-refractivity contribution in [3.8, 4) is 5.69 Å². The van der Waals surface area contributed by atoms with Gasteiger partial charge in [-0.2, -0.15) is 0 Å². The van der Waals surface area contributed by atoms with E-state index in [1.54, 1.807) is 0 Å². The van der Waals surface area contributed by atoms with Crippen molar-refractivity contribution < 1.29 is 0 Å². The fraction of sp³-hybridized carbons (Fsp3) is 0.368. The molecule has 23 heavy (non-hydrogen) atoms. The molecular formula is C19H22N4. The molecule has 3 heterocycles. The van der Waals surface area contributed by atoms with Crippen LogP contribution in [-0.2, 0) is 6.42 Å². The minimum absolute atomic E-state index is 0.597. The molecule has 1 unspecified atom stereocenters. The van der Waals surface area contributed by atoms with Gasteiger partial charge in [0.1, 0.15) is 11.3 Å². The van der Waals surface area contributed by atoms with Crippen LogP contribution in [-0.4, -0.2) is 38.6 Å². The molecule has 4 heteroatoms. The molecule has 2 aromatic heterocycles. The highest BCUT2D eigenvalue weighted by Gasteiger charge is 2.26. The van der Waals surface area contributed by atoms with Crippen LogP contribution in [0.1, 0.15) is 25.6 Å². The molecule has 3 aromatic rings. The Bertz CT molecular complexity index is 793. The average Bonchev–Trinajstić information content (AvgIpc) is 3.19. The van der Waals surface area contributed by atoms with Gasteiger partial charge in [-0.05, 0) is 50.2 Å². The zero-order chi connectivity index (χ0) is 15.6. The molecule has 118 valence electrons. The molecule has 1 aliphatic heterocycles. The molecule has 0 radical (unpaired) electrons. The van der Waals surface area contributed by atoms with Crippen molar-refractivity contribution in [2.45, 2.75) is 32.2 Å². The summed E-state index contributed by atoms with van der Waals surface area (Å²) >= 11 is 0. The second-order valence-corrected chi connectivity index (χ2v) is 6.17. The number of benzene rings is 1. The van der Waals surface area contributed by atoms with Crippen molar-refractivity contribution in [1.29, 1.82) is 0 Å². The number of imidazole rings is 1. The standard InChI is InChI=1S/C19H22N4/c1-2-22-13-7-10-16(22)14-18-21-17-11-6-12-20-19(17)23(18)15-8-4-3-5-9-15/h3-6,8-9,11-12,16H,2,7,10,13-14H2,1H3. The SMILES string of the molecule is CCN1CCCC1Cc1nc2cccnc2n1-c1ccccc1. The van der Waals surface area contributed by atoms with E-state index >= 15 is 0 Å². The molecule has 0 N–H and O–H groups in total. The highest BCUT2D eigenvalue weighted by atomic mass is 15.2. The van der Waals surface area contributed by atoms with E-state index in [0.717, 1.165) is 35.6 Å². The Labute approximate surface area is 136 Å². The Morgan fingerprint density at radius 2 is 2.00 bits per heavy atom. The first-order valence-electron chi connectivity index (χ1n) is 8.48. The van der Waals surface area contributed by atoms with Gasteiger partial charge in [0.05, 0.1) is 0 Å². The molecule has 1 saturated heterocycles. The van der Waals surface area contributed by atoms with Gasteiger partial charge < -0.3 is 4.90 Å². The van der Waals surface area contributed by atoms with E-state index in [1.807, 2.05) is 18.3 Å². The first kappa shape index (κ1) is 14.4. The topological polar surface area (TPSA) is 34.0 Å². The lowest BCUT2D eigenvalue weighted by molar-refractivity contribution is 0.263. The third kappa shape index (κ3) is 2.63. The van der Waals surface area contributed by atoms with Gasteiger partial charge in [0.25, 0.3) is 0 Å². The number of hydrogen-bond acceptors (Lipinski definition) is 3. The number of likely N-dealkylation sites (tertiary alicyclic amines) is 1. The minimum Gasteiger partial charge on any atom is -0.300 e. The number of rotatable bonds is 4. The Kier molecular flexibility index (Phi) is 3.83. The maximum Gasteiger partial charge on any atom is 0.164 e. The highest BCUT2D eigenvalue weighted by Crippen LogP contribution is 2.25. The highest BCUT2D eigenvalue weighted by molar-refractivity contribution is 5.73. The van der Waals surface area contributed by atoms with Gasteiger partial charge in [0.15, 0.2) is 5.65 Å². The molecule has 0 spiro atoms. The summed E-state index contributed by atoms with van der Waals surface area (Å²) in [5, 5.41) is 0. The average molecular weight is 306 g/mol. The molecule has 1 aliphatic rings. The maximum atomic E-state index is 4.90. The zero-order valence-electron chi connectivity index (χ0n) is 13.5. The van der Waals surface area contributed by atoms with Crippen LogP contribution in [0.25, 0.3) is 16.9 Å². The lowest BCUT2D eigenvalue weighted by atomic mass is 10.1. The molecule has 0 aliphatic carbocycles. The Morgan fingerprint density at radius 1 is 1.13 bits per heavy atom. The third-order valence-corrected chi connectivity index (χ3v) is 4.82. The smallest absolute Gasteiger partial charge is 0.164 e. The van der Waals surface area contributed by atoms with Crippen LogP contribution in [0.15, 0.2) is 48.7 Å². The van der Waals surface area contributed by atoms with E-state index in [1.165, 1.54) is 19.4 Å². The fourth-order valence-electron chi connectivity index (χ4n) is 3.70. The third-order valence-electron chi connectivity index (χ3n) is 4.82. The molecular weight excluding hydrogens is 284 g/mol. The molecule has 1 fully saturated rings. The van der Waals surface area contributed by atoms with Gasteiger partial charge in [0, 0.05) is 24.3 Å². The molecule has 4 rings (SSSR count). The molecule has 1 aromatic carbocycles. The molecule has 4 nitrogen and oxygen atoms in total. The fourth-order valence-corrected chi connectivity index (χ4v) is 3.70. The van der Waals surface area contributed by atoms with Gasteiger partial charge in [0.2, 0.25) is 0 Å². The minimum atomic E-state index is 0.597. The number of pyridine rings is 1. The Morgan fingerprint density at radius 3 is 2.83 bits per heavy atom. The van der Waals surface area contributed by atoms with Crippen LogP contribution in [0, 0.1) is 0 Å². The van der Waals surface area contributed by atoms with E-state index in [0.29, 0.717) is 6.04 Å². The van der Waals surface area contributed by atoms with Crippen LogP contribution in [0.4, 0.5) is 0 Å². The van der Waals surface area contributed by atoms with E-state index < -0.39 is 0 Å². The normalized spacial score (nSPS) is 18.7. The van der Waals surface area contributed by atoms with Crippen molar-refractivity contribution in [3.05, 3.63) is 54.5 Å². The summed E-state index contributed by atoms with van der Waals surface area (Å²) in [6.07, 6.45) is 5.39. The van der Waals surface area contributed by atoms with E-state index in [2.05, 4.69) is 51.7 Å². The van der Waals surface area contributed by atoms with Crippen molar-refractivity contribution >= 4 is 11.2 Å². The molecule has 0 saturated carbocycles. The number of fused-ring (bicyclic) bond motifs is 1. The Balaban J connectivity index is 1.79. The molecule has 0 bridgehead atoms. The van der Waals surface area contributed by atoms with Crippen LogP contribution in [0.2, 0.25) is 0 Å². The van der Waals surface area contributed by atoms with Crippen LogP contribution >= 0.6 is 0 Å². The second-order valence-electron chi connectivity index (χ2n) is 6.17. The lowest BCUT2D eigenvalue weighted by Gasteiger charge is -2.22. The summed E-state index contributed by atoms with van der Waals surface area (Å²) in [6, 6.07) is 15.1. The number of likely N-dealkylation sites (N-methyl/N-ethyl adjacent to an activating group) is 1. The Hall–Kier alpha value is -2.20. The van der Waals surface area contributed by atoms with Crippen molar-refractivity contribution in [2.24, 2.45) is 0 Å². The number of nitrogens with zero attached hydrogens (tertiary/aromatic N) is 4. The first-order valence-corrected chi connectivity index (χ1v) is 8.48. The van der Waals surface area contributed by atoms with E-state index in [9.17, 15) is 0 Å². The summed E-state index contributed by atoms with van der Waals surface area (Å²) in [5.41, 5.74) is 3.08. The monoisotopic (exact) mass is 306 g/mol. The van der Waals surface area contributed by atoms with Gasteiger partial charge in [-0.3, -0.25) is 4.57 Å². The molecule has 0 amide bonds. The summed E-state index contributed by atoms with van der Waals surface area (Å²) < 4.78 is 2.22. The van der Waals surface area contributed by atoms with E-state index in [4.69, 9.17) is 4.98 Å². The number of para-hydroxylation sites is 1. The maximum absolute atomic E-state index is 4.90. The van der Waals surface area contributed by atoms with Crippen molar-refractivity contribution in [1.82, 2.24) is 19.4 Å².